The van der Waals surface area contributed by atoms with Crippen LogP contribution in [0.25, 0.3) is 0 Å². The van der Waals surface area contributed by atoms with Gasteiger partial charge in [-0.3, -0.25) is 14.5 Å². The molecule has 0 N–H and O–H groups in total. The highest BCUT2D eigenvalue weighted by Gasteiger charge is 2.27. The fourth-order valence-electron chi connectivity index (χ4n) is 2.43. The molecule has 0 aliphatic carbocycles. The van der Waals surface area contributed by atoms with Crippen LogP contribution in [0.3, 0.4) is 0 Å². The molecular formula is C16H16N2O3. The standard InChI is InChI=1S/C16H16N2O3/c19-15-9-4-10-17(15)12-18(13-6-2-1-3-7-13)16(20)14-8-5-11-21-14/h1-3,5-8,11H,4,9-10,12H2. The minimum absolute atomic E-state index is 0.0863. The summed E-state index contributed by atoms with van der Waals surface area (Å²) in [7, 11) is 0. The molecule has 1 aromatic carbocycles. The number of hydrogen-bond donors (Lipinski definition) is 0. The topological polar surface area (TPSA) is 53.8 Å². The van der Waals surface area contributed by atoms with Crippen molar-refractivity contribution in [3.05, 3.63) is 54.5 Å². The summed E-state index contributed by atoms with van der Waals surface area (Å²) in [5.74, 6) is 0.111. The van der Waals surface area contributed by atoms with Gasteiger partial charge in [0.25, 0.3) is 5.91 Å². The van der Waals surface area contributed by atoms with E-state index in [1.54, 1.807) is 21.9 Å². The summed E-state index contributed by atoms with van der Waals surface area (Å²) in [6, 6.07) is 12.6. The Kier molecular flexibility index (Phi) is 3.73. The second-order valence-electron chi connectivity index (χ2n) is 4.95. The third-order valence-corrected chi connectivity index (χ3v) is 3.53. The summed E-state index contributed by atoms with van der Waals surface area (Å²) in [4.78, 5) is 27.7. The molecule has 0 saturated carbocycles. The maximum atomic E-state index is 12.6. The van der Waals surface area contributed by atoms with Crippen molar-refractivity contribution in [1.29, 1.82) is 0 Å². The lowest BCUT2D eigenvalue weighted by Gasteiger charge is -2.27. The van der Waals surface area contributed by atoms with Crippen molar-refractivity contribution in [2.45, 2.75) is 12.8 Å². The van der Waals surface area contributed by atoms with Crippen molar-refractivity contribution in [1.82, 2.24) is 4.90 Å². The molecule has 0 atom stereocenters. The van der Waals surface area contributed by atoms with Crippen LogP contribution in [0.1, 0.15) is 23.4 Å². The molecule has 108 valence electrons. The van der Waals surface area contributed by atoms with Crippen LogP contribution < -0.4 is 4.90 Å². The van der Waals surface area contributed by atoms with Gasteiger partial charge in [-0.2, -0.15) is 0 Å². The molecule has 1 aliphatic rings. The summed E-state index contributed by atoms with van der Waals surface area (Å²) in [5.41, 5.74) is 0.749. The molecule has 2 aromatic rings. The molecule has 0 bridgehead atoms. The predicted octanol–water partition coefficient (Wildman–Crippen LogP) is 2.51. The molecule has 2 heterocycles. The van der Waals surface area contributed by atoms with Gasteiger partial charge < -0.3 is 9.32 Å². The molecule has 1 aliphatic heterocycles. The molecule has 1 aromatic heterocycles. The van der Waals surface area contributed by atoms with Crippen LogP contribution in [0, 0.1) is 0 Å². The normalized spacial score (nSPS) is 14.5. The number of carbonyl (C=O) groups excluding carboxylic acids is 2. The number of amides is 2. The molecule has 5 heteroatoms. The molecule has 1 saturated heterocycles. The summed E-state index contributed by atoms with van der Waals surface area (Å²) in [6.07, 6.45) is 2.87. The van der Waals surface area contributed by atoms with Gasteiger partial charge in [-0.1, -0.05) is 18.2 Å². The van der Waals surface area contributed by atoms with Gasteiger partial charge in [-0.25, -0.2) is 0 Å². The zero-order valence-corrected chi connectivity index (χ0v) is 11.6. The third-order valence-electron chi connectivity index (χ3n) is 3.53. The number of likely N-dealkylation sites (tertiary alicyclic amines) is 1. The van der Waals surface area contributed by atoms with E-state index < -0.39 is 0 Å². The van der Waals surface area contributed by atoms with Crippen LogP contribution in [-0.2, 0) is 4.79 Å². The molecule has 2 amide bonds. The second-order valence-corrected chi connectivity index (χ2v) is 4.95. The maximum absolute atomic E-state index is 12.6. The highest BCUT2D eigenvalue weighted by Crippen LogP contribution is 2.20. The Morgan fingerprint density at radius 1 is 1.19 bits per heavy atom. The monoisotopic (exact) mass is 284 g/mol. The van der Waals surface area contributed by atoms with Crippen LogP contribution in [0.5, 0.6) is 0 Å². The Hall–Kier alpha value is -2.56. The first-order valence-corrected chi connectivity index (χ1v) is 6.94. The lowest BCUT2D eigenvalue weighted by Crippen LogP contribution is -2.42. The summed E-state index contributed by atoms with van der Waals surface area (Å²) >= 11 is 0. The molecule has 0 spiro atoms. The lowest BCUT2D eigenvalue weighted by atomic mass is 10.2. The van der Waals surface area contributed by atoms with Crippen LogP contribution in [0.2, 0.25) is 0 Å². The van der Waals surface area contributed by atoms with E-state index >= 15 is 0 Å². The number of carbonyl (C=O) groups is 2. The second kappa shape index (κ2) is 5.83. The summed E-state index contributed by atoms with van der Waals surface area (Å²) < 4.78 is 5.19. The van der Waals surface area contributed by atoms with Crippen molar-refractivity contribution in [2.75, 3.05) is 18.1 Å². The van der Waals surface area contributed by atoms with Gasteiger partial charge >= 0.3 is 0 Å². The number of para-hydroxylation sites is 1. The van der Waals surface area contributed by atoms with E-state index in [1.165, 1.54) is 6.26 Å². The molecular weight excluding hydrogens is 268 g/mol. The fourth-order valence-corrected chi connectivity index (χ4v) is 2.43. The van der Waals surface area contributed by atoms with Crippen LogP contribution >= 0.6 is 0 Å². The lowest BCUT2D eigenvalue weighted by molar-refractivity contribution is -0.127. The number of nitrogens with zero attached hydrogens (tertiary/aromatic N) is 2. The number of anilines is 1. The van der Waals surface area contributed by atoms with Gasteiger partial charge in [-0.15, -0.1) is 0 Å². The first-order chi connectivity index (χ1) is 10.3. The fraction of sp³-hybridized carbons (Fsp3) is 0.250. The van der Waals surface area contributed by atoms with E-state index in [0.717, 1.165) is 12.1 Å². The highest BCUT2D eigenvalue weighted by molar-refractivity contribution is 6.04. The van der Waals surface area contributed by atoms with Crippen molar-refractivity contribution in [2.24, 2.45) is 0 Å². The molecule has 3 rings (SSSR count). The minimum atomic E-state index is -0.245. The van der Waals surface area contributed by atoms with Crippen LogP contribution in [-0.4, -0.2) is 29.9 Å². The Balaban J connectivity index is 1.87. The SMILES string of the molecule is O=C1CCCN1CN(C(=O)c1ccco1)c1ccccc1. The van der Waals surface area contributed by atoms with E-state index in [9.17, 15) is 9.59 Å². The minimum Gasteiger partial charge on any atom is -0.459 e. The van der Waals surface area contributed by atoms with E-state index in [1.807, 2.05) is 30.3 Å². The van der Waals surface area contributed by atoms with Crippen molar-refractivity contribution in [3.63, 3.8) is 0 Å². The van der Waals surface area contributed by atoms with Crippen molar-refractivity contribution in [3.8, 4) is 0 Å². The molecule has 1 fully saturated rings. The van der Waals surface area contributed by atoms with Gasteiger partial charge in [0, 0.05) is 18.7 Å². The molecule has 0 unspecified atom stereocenters. The number of benzene rings is 1. The highest BCUT2D eigenvalue weighted by atomic mass is 16.3. The van der Waals surface area contributed by atoms with Gasteiger partial charge in [0.1, 0.15) is 6.67 Å². The first-order valence-electron chi connectivity index (χ1n) is 6.94. The van der Waals surface area contributed by atoms with Crippen LogP contribution in [0.4, 0.5) is 5.69 Å². The van der Waals surface area contributed by atoms with E-state index in [2.05, 4.69) is 0 Å². The van der Waals surface area contributed by atoms with E-state index in [4.69, 9.17) is 4.42 Å². The Labute approximate surface area is 122 Å². The summed E-state index contributed by atoms with van der Waals surface area (Å²) in [5, 5.41) is 0. The Morgan fingerprint density at radius 3 is 2.62 bits per heavy atom. The quantitative estimate of drug-likeness (QED) is 0.866. The van der Waals surface area contributed by atoms with Crippen molar-refractivity contribution < 1.29 is 14.0 Å². The first kappa shape index (κ1) is 13.4. The van der Waals surface area contributed by atoms with Crippen molar-refractivity contribution >= 4 is 17.5 Å². The van der Waals surface area contributed by atoms with Gasteiger partial charge in [0.15, 0.2) is 5.76 Å². The molecule has 21 heavy (non-hydrogen) atoms. The molecule has 5 nitrogen and oxygen atoms in total. The third kappa shape index (κ3) is 2.81. The Bertz CT molecular complexity index is 622. The zero-order valence-electron chi connectivity index (χ0n) is 11.6. The van der Waals surface area contributed by atoms with E-state index in [-0.39, 0.29) is 24.2 Å². The van der Waals surface area contributed by atoms with Gasteiger partial charge in [0.2, 0.25) is 5.91 Å². The average Bonchev–Trinajstić information content (AvgIpc) is 3.17. The number of hydrogen-bond acceptors (Lipinski definition) is 3. The maximum Gasteiger partial charge on any atom is 0.295 e. The number of furan rings is 1. The summed E-state index contributed by atoms with van der Waals surface area (Å²) in [6.45, 7) is 0.940. The van der Waals surface area contributed by atoms with Crippen LogP contribution in [0.15, 0.2) is 53.1 Å². The number of rotatable bonds is 4. The van der Waals surface area contributed by atoms with E-state index in [0.29, 0.717) is 13.0 Å². The average molecular weight is 284 g/mol. The van der Waals surface area contributed by atoms with Gasteiger partial charge in [0.05, 0.1) is 6.26 Å². The Morgan fingerprint density at radius 2 is 2.00 bits per heavy atom. The zero-order chi connectivity index (χ0) is 14.7. The smallest absolute Gasteiger partial charge is 0.295 e. The predicted molar refractivity (Wildman–Crippen MR) is 77.8 cm³/mol. The molecule has 0 radical (unpaired) electrons. The van der Waals surface area contributed by atoms with Gasteiger partial charge in [-0.05, 0) is 30.7 Å². The largest absolute Gasteiger partial charge is 0.459 e.